The van der Waals surface area contributed by atoms with Crippen molar-refractivity contribution < 1.29 is 19.6 Å². The quantitative estimate of drug-likeness (QED) is 0.301. The second-order valence-corrected chi connectivity index (χ2v) is 2.72. The van der Waals surface area contributed by atoms with E-state index in [1.54, 1.807) is 0 Å². The van der Waals surface area contributed by atoms with Crippen LogP contribution in [0.25, 0.3) is 0 Å². The third-order valence-corrected chi connectivity index (χ3v) is 1.15. The van der Waals surface area contributed by atoms with Crippen molar-refractivity contribution in [1.29, 1.82) is 0 Å². The second-order valence-electron chi connectivity index (χ2n) is 1.36. The molecule has 0 heterocycles. The first-order valence-electron chi connectivity index (χ1n) is 2.43. The molecule has 10 heavy (non-hydrogen) atoms. The first-order chi connectivity index (χ1) is 4.66. The number of hydrogen-bond donors (Lipinski definition) is 3. The number of nitrogens with one attached hydrogen (secondary N) is 3. The van der Waals surface area contributed by atoms with Gasteiger partial charge < -0.3 is 15.2 Å². The van der Waals surface area contributed by atoms with Crippen molar-refractivity contribution in [2.24, 2.45) is 0 Å². The Kier molecular flexibility index (Phi) is 5.99. The summed E-state index contributed by atoms with van der Waals surface area (Å²) in [4.78, 5) is 7.53. The van der Waals surface area contributed by atoms with Gasteiger partial charge in [0.15, 0.2) is 0 Å². The monoisotopic (exact) mass is 171 g/mol. The maximum absolute atomic E-state index is 10.4. The van der Waals surface area contributed by atoms with E-state index in [1.165, 1.54) is 14.2 Å². The van der Waals surface area contributed by atoms with Crippen LogP contribution < -0.4 is 15.5 Å². The normalized spacial score (nSPS) is 18.0. The predicted octanol–water partition coefficient (Wildman–Crippen LogP) is -3.11. The van der Waals surface area contributed by atoms with Gasteiger partial charge in [0.2, 0.25) is 0 Å². The van der Waals surface area contributed by atoms with Gasteiger partial charge in [-0.25, -0.2) is 0 Å². The van der Waals surface area contributed by atoms with Crippen LogP contribution in [0.2, 0.25) is 0 Å². The van der Waals surface area contributed by atoms with Crippen LogP contribution in [0.3, 0.4) is 0 Å². The van der Waals surface area contributed by atoms with E-state index in [2.05, 4.69) is 9.78 Å². The largest absolute Gasteiger partial charge is 0.630 e. The number of hydroxylamine groups is 1. The summed E-state index contributed by atoms with van der Waals surface area (Å²) >= 11 is 0. The Morgan fingerprint density at radius 3 is 2.50 bits per heavy atom. The van der Waals surface area contributed by atoms with E-state index < -0.39 is 13.9 Å². The van der Waals surface area contributed by atoms with E-state index >= 15 is 0 Å². The maximum atomic E-state index is 10.4. The molecule has 7 nitrogen and oxygen atoms in total. The minimum absolute atomic E-state index is 0.220. The molecule has 0 aromatic rings. The highest BCUT2D eigenvalue weighted by molar-refractivity contribution is 7.22. The van der Waals surface area contributed by atoms with Crippen LogP contribution in [0.5, 0.6) is 0 Å². The van der Waals surface area contributed by atoms with Gasteiger partial charge in [0, 0.05) is 0 Å². The van der Waals surface area contributed by atoms with Gasteiger partial charge >= 0.3 is 8.88 Å². The summed E-state index contributed by atoms with van der Waals surface area (Å²) in [6.07, 6.45) is 0. The lowest BCUT2D eigenvalue weighted by atomic mass is 11.6. The Labute approximate surface area is 59.8 Å². The third-order valence-electron chi connectivity index (χ3n) is 0.496. The molecule has 0 aromatic heterocycles. The highest BCUT2D eigenvalue weighted by Gasteiger charge is 2.01. The minimum Gasteiger partial charge on any atom is -0.630 e. The molecule has 0 saturated carbocycles. The molecule has 62 valence electrons. The molecule has 3 atom stereocenters. The van der Waals surface area contributed by atoms with E-state index in [0.717, 1.165) is 0 Å². The topological polar surface area (TPSA) is 85.5 Å². The number of hydrogen-bond acceptors (Lipinski definition) is 5. The zero-order valence-corrected chi connectivity index (χ0v) is 6.63. The molecule has 0 aliphatic rings. The highest BCUT2D eigenvalue weighted by Crippen LogP contribution is 1.71. The summed E-state index contributed by atoms with van der Waals surface area (Å²) in [7, 11) is 2.14. The fraction of sp³-hybridized carbons (Fsp3) is 1.00. The van der Waals surface area contributed by atoms with Crippen molar-refractivity contribution in [2.75, 3.05) is 14.2 Å². The smallest absolute Gasteiger partial charge is 0.342 e. The van der Waals surface area contributed by atoms with E-state index in [-0.39, 0.29) is 4.83 Å². The maximum Gasteiger partial charge on any atom is 0.342 e. The summed E-state index contributed by atoms with van der Waals surface area (Å²) in [6.45, 7) is 0. The first-order valence-corrected chi connectivity index (χ1v) is 3.43. The number of quaternary nitrogens is 2. The minimum atomic E-state index is -0.630. The highest BCUT2D eigenvalue weighted by atomic mass is 31.1. The molecule has 0 amide bonds. The van der Waals surface area contributed by atoms with Gasteiger partial charge in [0.25, 0.3) is 0 Å². The summed E-state index contributed by atoms with van der Waals surface area (Å²) in [6, 6.07) is 0. The Morgan fingerprint density at radius 2 is 2.10 bits per heavy atom. The molecule has 8 heteroatoms. The van der Waals surface area contributed by atoms with Gasteiger partial charge in [-0.05, 0) is 5.64 Å². The van der Waals surface area contributed by atoms with Crippen LogP contribution in [0.4, 0.5) is 0 Å². The SMILES string of the molecule is CONO[NH+]([O-])P[NH+](C)[O-]. The molecule has 0 rings (SSSR count). The molecule has 0 aromatic carbocycles. The molecule has 0 fully saturated rings. The Balaban J connectivity index is 3.16. The fourth-order valence-electron chi connectivity index (χ4n) is 0.249. The standard InChI is InChI=1S/C2H10N3O4P/c1-4(6)10-5(7)9-3-8-2/h3-5,10H,1-2H3. The second kappa shape index (κ2) is 5.90. The lowest BCUT2D eigenvalue weighted by Crippen LogP contribution is -3.13. The van der Waals surface area contributed by atoms with Crippen molar-refractivity contribution in [3.63, 3.8) is 0 Å². The van der Waals surface area contributed by atoms with Gasteiger partial charge in [-0.1, -0.05) is 4.94 Å². The first kappa shape index (κ1) is 10.2. The molecule has 0 aliphatic carbocycles. The lowest BCUT2D eigenvalue weighted by molar-refractivity contribution is -0.990. The Morgan fingerprint density at radius 1 is 1.50 bits per heavy atom. The average molecular weight is 171 g/mol. The van der Waals surface area contributed by atoms with E-state index in [4.69, 9.17) is 0 Å². The molecule has 0 aliphatic heterocycles. The van der Waals surface area contributed by atoms with Crippen molar-refractivity contribution in [3.8, 4) is 0 Å². The lowest BCUT2D eigenvalue weighted by Gasteiger charge is -2.20. The summed E-state index contributed by atoms with van der Waals surface area (Å²) in [5.74, 6) is 0. The molecule has 0 radical (unpaired) electrons. The summed E-state index contributed by atoms with van der Waals surface area (Å²) < 4.78 is 0. The van der Waals surface area contributed by atoms with Gasteiger partial charge in [-0.15, -0.1) is 5.00 Å². The van der Waals surface area contributed by atoms with Gasteiger partial charge in [0.1, 0.15) is 0 Å². The fourth-order valence-corrected chi connectivity index (χ4v) is 0.629. The molecule has 0 spiro atoms. The van der Waals surface area contributed by atoms with Gasteiger partial charge in [-0.2, -0.15) is 0 Å². The van der Waals surface area contributed by atoms with Crippen molar-refractivity contribution >= 4 is 8.88 Å². The van der Waals surface area contributed by atoms with Crippen LogP contribution in [-0.4, -0.2) is 14.2 Å². The zero-order valence-electron chi connectivity index (χ0n) is 5.63. The molecule has 3 N–H and O–H groups in total. The van der Waals surface area contributed by atoms with E-state index in [0.29, 0.717) is 0 Å². The Hall–Kier alpha value is 0.150. The van der Waals surface area contributed by atoms with Gasteiger partial charge in [-0.3, -0.25) is 4.84 Å². The molecule has 3 unspecified atom stereocenters. The third kappa shape index (κ3) is 6.27. The van der Waals surface area contributed by atoms with Crippen molar-refractivity contribution in [3.05, 3.63) is 10.4 Å². The molecular formula is C2H10N3O4P. The Bertz CT molecular complexity index is 82.9. The van der Waals surface area contributed by atoms with Gasteiger partial charge in [0.05, 0.1) is 14.2 Å². The van der Waals surface area contributed by atoms with Crippen LogP contribution in [0.15, 0.2) is 0 Å². The van der Waals surface area contributed by atoms with E-state index in [9.17, 15) is 10.4 Å². The zero-order chi connectivity index (χ0) is 7.98. The van der Waals surface area contributed by atoms with Crippen molar-refractivity contribution in [2.45, 2.75) is 0 Å². The molecule has 0 bridgehead atoms. The summed E-state index contributed by atoms with van der Waals surface area (Å²) in [5, 5.41) is 20.7. The van der Waals surface area contributed by atoms with Crippen LogP contribution in [-0.2, 0) is 9.78 Å². The van der Waals surface area contributed by atoms with Crippen molar-refractivity contribution in [1.82, 2.24) is 5.64 Å². The van der Waals surface area contributed by atoms with Crippen LogP contribution >= 0.6 is 8.88 Å². The van der Waals surface area contributed by atoms with E-state index in [1.807, 2.05) is 5.64 Å². The molecular weight excluding hydrogens is 161 g/mol. The van der Waals surface area contributed by atoms with Crippen LogP contribution in [0.1, 0.15) is 0 Å². The summed E-state index contributed by atoms with van der Waals surface area (Å²) in [5.41, 5.74) is 1.86. The average Bonchev–Trinajstić information content (AvgIpc) is 1.82. The predicted molar refractivity (Wildman–Crippen MR) is 34.1 cm³/mol. The van der Waals surface area contributed by atoms with Crippen LogP contribution in [0, 0.1) is 10.4 Å². The number of rotatable bonds is 5. The molecule has 0 saturated heterocycles.